The Balaban J connectivity index is 1.47. The minimum atomic E-state index is -3.96. The summed E-state index contributed by atoms with van der Waals surface area (Å²) in [5, 5.41) is 15.3. The van der Waals surface area contributed by atoms with Crippen molar-refractivity contribution in [3.63, 3.8) is 0 Å². The van der Waals surface area contributed by atoms with Crippen LogP contribution in [0.3, 0.4) is 0 Å². The van der Waals surface area contributed by atoms with E-state index in [9.17, 15) is 12.8 Å². The number of rotatable bonds is 5. The topological polar surface area (TPSA) is 114 Å². The maximum absolute atomic E-state index is 14.3. The molecule has 0 aliphatic heterocycles. The fourth-order valence-corrected chi connectivity index (χ4v) is 4.92. The van der Waals surface area contributed by atoms with Gasteiger partial charge in [-0.25, -0.2) is 17.9 Å². The summed E-state index contributed by atoms with van der Waals surface area (Å²) in [5.41, 5.74) is 4.69. The predicted molar refractivity (Wildman–Crippen MR) is 127 cm³/mol. The Labute approximate surface area is 194 Å². The highest BCUT2D eigenvalue weighted by molar-refractivity contribution is 7.89. The molecule has 1 aliphatic rings. The molecule has 1 saturated carbocycles. The number of aromatic amines is 1. The van der Waals surface area contributed by atoms with Gasteiger partial charge in [-0.1, -0.05) is 20.8 Å². The lowest BCUT2D eigenvalue weighted by molar-refractivity contribution is 0.581. The summed E-state index contributed by atoms with van der Waals surface area (Å²) in [7, 11) is -3.96. The number of benzene rings is 1. The van der Waals surface area contributed by atoms with Gasteiger partial charge in [0.25, 0.3) is 0 Å². The zero-order chi connectivity index (χ0) is 24.0. The summed E-state index contributed by atoms with van der Waals surface area (Å²) in [4.78, 5) is 4.55. The molecule has 2 aromatic heterocycles. The Morgan fingerprint density at radius 2 is 1.85 bits per heavy atom. The van der Waals surface area contributed by atoms with Crippen molar-refractivity contribution in [1.82, 2.24) is 15.2 Å². The van der Waals surface area contributed by atoms with Crippen molar-refractivity contribution < 1.29 is 12.8 Å². The van der Waals surface area contributed by atoms with E-state index in [1.807, 2.05) is 13.0 Å². The van der Waals surface area contributed by atoms with Gasteiger partial charge in [-0.2, -0.15) is 5.10 Å². The van der Waals surface area contributed by atoms with Crippen molar-refractivity contribution >= 4 is 21.5 Å². The van der Waals surface area contributed by atoms with Gasteiger partial charge in [-0.15, -0.1) is 0 Å². The Kier molecular flexibility index (Phi) is 6.05. The van der Waals surface area contributed by atoms with Gasteiger partial charge in [-0.05, 0) is 67.5 Å². The number of hydrogen-bond acceptors (Lipinski definition) is 5. The number of nitrogens with one attached hydrogen (secondary N) is 2. The molecule has 3 aromatic rings. The number of anilines is 2. The highest BCUT2D eigenvalue weighted by Crippen LogP contribution is 2.43. The van der Waals surface area contributed by atoms with E-state index in [4.69, 9.17) is 10.1 Å². The molecule has 0 saturated heterocycles. The van der Waals surface area contributed by atoms with Crippen LogP contribution in [-0.4, -0.2) is 23.6 Å². The van der Waals surface area contributed by atoms with Crippen molar-refractivity contribution in [2.45, 2.75) is 69.1 Å². The largest absolute Gasteiger partial charge is 0.336 e. The van der Waals surface area contributed by atoms with Crippen LogP contribution in [0.5, 0.6) is 0 Å². The standard InChI is InChI=1S/C24H30FN5O2S/c1-14-9-17(24(2,3)4)11-21(27-14)15-5-6-16(10-15)22-13-23(30-29-22)28-20-8-7-18(12-19(20)25)33(26,31)32/h7-9,11-13,15-16H,5-6,10H2,1-4H3,(H2,26,31,32)(H2,28,29,30). The van der Waals surface area contributed by atoms with Crippen LogP contribution >= 0.6 is 0 Å². The Hall–Kier alpha value is -2.78. The van der Waals surface area contributed by atoms with Crippen molar-refractivity contribution in [3.8, 4) is 0 Å². The monoisotopic (exact) mass is 471 g/mol. The molecule has 0 bridgehead atoms. The molecule has 33 heavy (non-hydrogen) atoms. The molecule has 0 amide bonds. The molecule has 7 nitrogen and oxygen atoms in total. The first-order chi connectivity index (χ1) is 15.4. The van der Waals surface area contributed by atoms with E-state index in [2.05, 4.69) is 48.4 Å². The molecule has 1 aliphatic carbocycles. The number of sulfonamides is 1. The SMILES string of the molecule is Cc1cc(C(C)(C)C)cc(C2CCC(c3cc(Nc4ccc(S(N)(=O)=O)cc4F)n[nH]3)C2)n1. The number of primary sulfonamides is 1. The molecular formula is C24H30FN5O2S. The second-order valence-corrected chi connectivity index (χ2v) is 11.5. The van der Waals surface area contributed by atoms with E-state index in [0.29, 0.717) is 17.7 Å². The summed E-state index contributed by atoms with van der Waals surface area (Å²) in [6, 6.07) is 9.78. The maximum Gasteiger partial charge on any atom is 0.238 e. The Morgan fingerprint density at radius 1 is 1.12 bits per heavy atom. The predicted octanol–water partition coefficient (Wildman–Crippen LogP) is 4.99. The molecule has 2 atom stereocenters. The molecule has 4 N–H and O–H groups in total. The van der Waals surface area contributed by atoms with Gasteiger partial charge in [0.05, 0.1) is 10.6 Å². The van der Waals surface area contributed by atoms with Crippen molar-refractivity contribution in [3.05, 3.63) is 64.9 Å². The van der Waals surface area contributed by atoms with E-state index in [1.165, 1.54) is 17.7 Å². The molecule has 2 heterocycles. The van der Waals surface area contributed by atoms with Gasteiger partial charge in [-0.3, -0.25) is 10.1 Å². The highest BCUT2D eigenvalue weighted by Gasteiger charge is 2.30. The first-order valence-corrected chi connectivity index (χ1v) is 12.6. The van der Waals surface area contributed by atoms with Crippen LogP contribution in [0.2, 0.25) is 0 Å². The second kappa shape index (κ2) is 8.53. The molecule has 0 radical (unpaired) electrons. The quantitative estimate of drug-likeness (QED) is 0.485. The van der Waals surface area contributed by atoms with Gasteiger partial charge in [0.1, 0.15) is 5.82 Å². The molecule has 4 rings (SSSR count). The van der Waals surface area contributed by atoms with E-state index in [-0.39, 0.29) is 16.0 Å². The first-order valence-electron chi connectivity index (χ1n) is 11.0. The minimum absolute atomic E-state index is 0.0756. The number of nitrogens with zero attached hydrogens (tertiary/aromatic N) is 2. The number of pyridine rings is 1. The molecule has 0 spiro atoms. The first kappa shape index (κ1) is 23.4. The lowest BCUT2D eigenvalue weighted by Crippen LogP contribution is -2.13. The number of hydrogen-bond donors (Lipinski definition) is 3. The lowest BCUT2D eigenvalue weighted by atomic mass is 9.85. The highest BCUT2D eigenvalue weighted by atomic mass is 32.2. The van der Waals surface area contributed by atoms with E-state index >= 15 is 0 Å². The molecule has 9 heteroatoms. The van der Waals surface area contributed by atoms with Crippen LogP contribution in [0.4, 0.5) is 15.9 Å². The fraction of sp³-hybridized carbons (Fsp3) is 0.417. The summed E-state index contributed by atoms with van der Waals surface area (Å²) in [6.07, 6.45) is 3.04. The molecule has 176 valence electrons. The van der Waals surface area contributed by atoms with E-state index in [1.54, 1.807) is 0 Å². The van der Waals surface area contributed by atoms with Crippen LogP contribution < -0.4 is 10.5 Å². The maximum atomic E-state index is 14.3. The Bertz CT molecular complexity index is 1280. The van der Waals surface area contributed by atoms with Crippen molar-refractivity contribution in [2.75, 3.05) is 5.32 Å². The molecule has 2 unspecified atom stereocenters. The number of nitrogens with two attached hydrogens (primary N) is 1. The van der Waals surface area contributed by atoms with E-state index in [0.717, 1.165) is 42.4 Å². The van der Waals surface area contributed by atoms with Crippen LogP contribution in [0.1, 0.15) is 74.5 Å². The number of H-pyrrole nitrogens is 1. The van der Waals surface area contributed by atoms with Crippen molar-refractivity contribution in [2.24, 2.45) is 5.14 Å². The number of aromatic nitrogens is 3. The summed E-state index contributed by atoms with van der Waals surface area (Å²) < 4.78 is 37.1. The summed E-state index contributed by atoms with van der Waals surface area (Å²) in [5.74, 6) is 0.457. The average Bonchev–Trinajstić information content (AvgIpc) is 3.37. The normalized spacial score (nSPS) is 19.1. The fourth-order valence-electron chi connectivity index (χ4n) is 4.39. The van der Waals surface area contributed by atoms with Crippen molar-refractivity contribution in [1.29, 1.82) is 0 Å². The number of halogens is 1. The molecular weight excluding hydrogens is 441 g/mol. The second-order valence-electron chi connectivity index (χ2n) is 9.90. The third kappa shape index (κ3) is 5.25. The summed E-state index contributed by atoms with van der Waals surface area (Å²) >= 11 is 0. The van der Waals surface area contributed by atoms with Gasteiger partial charge < -0.3 is 5.32 Å². The summed E-state index contributed by atoms with van der Waals surface area (Å²) in [6.45, 7) is 8.70. The zero-order valence-electron chi connectivity index (χ0n) is 19.3. The zero-order valence-corrected chi connectivity index (χ0v) is 20.1. The molecule has 1 aromatic carbocycles. The average molecular weight is 472 g/mol. The Morgan fingerprint density at radius 3 is 2.52 bits per heavy atom. The van der Waals surface area contributed by atoms with Crippen LogP contribution in [0, 0.1) is 12.7 Å². The van der Waals surface area contributed by atoms with Crippen LogP contribution in [0.25, 0.3) is 0 Å². The van der Waals surface area contributed by atoms with Gasteiger partial charge in [0.2, 0.25) is 10.0 Å². The van der Waals surface area contributed by atoms with Crippen LogP contribution in [0.15, 0.2) is 41.3 Å². The minimum Gasteiger partial charge on any atom is -0.336 e. The number of aryl methyl sites for hydroxylation is 1. The third-order valence-corrected chi connectivity index (χ3v) is 7.17. The molecule has 1 fully saturated rings. The van der Waals surface area contributed by atoms with Gasteiger partial charge in [0, 0.05) is 35.0 Å². The smallest absolute Gasteiger partial charge is 0.238 e. The van der Waals surface area contributed by atoms with Crippen LogP contribution in [-0.2, 0) is 15.4 Å². The third-order valence-electron chi connectivity index (χ3n) is 6.26. The van der Waals surface area contributed by atoms with Gasteiger partial charge in [0.15, 0.2) is 5.82 Å². The van der Waals surface area contributed by atoms with Gasteiger partial charge >= 0.3 is 0 Å². The lowest BCUT2D eigenvalue weighted by Gasteiger charge is -2.22. The van der Waals surface area contributed by atoms with E-state index < -0.39 is 15.8 Å².